The van der Waals surface area contributed by atoms with Crippen LogP contribution in [0.15, 0.2) is 29.8 Å². The first-order chi connectivity index (χ1) is 14.9. The number of benzene rings is 1. The maximum Gasteiger partial charge on any atom is 0.387 e. The molecule has 1 aliphatic carbocycles. The first-order valence-electron chi connectivity index (χ1n) is 9.72. The number of alkyl halides is 2. The maximum atomic E-state index is 12.7. The Morgan fingerprint density at radius 2 is 1.97 bits per heavy atom. The minimum absolute atomic E-state index is 0.0293. The zero-order valence-electron chi connectivity index (χ0n) is 16.7. The van der Waals surface area contributed by atoms with E-state index >= 15 is 0 Å². The molecule has 0 atom stereocenters. The van der Waals surface area contributed by atoms with Gasteiger partial charge in [0.2, 0.25) is 0 Å². The van der Waals surface area contributed by atoms with E-state index in [1.165, 1.54) is 41.7 Å². The third kappa shape index (κ3) is 5.47. The van der Waals surface area contributed by atoms with Crippen molar-refractivity contribution >= 4 is 34.3 Å². The van der Waals surface area contributed by atoms with Crippen LogP contribution in [0.25, 0.3) is 6.08 Å². The van der Waals surface area contributed by atoms with Crippen molar-refractivity contribution in [3.05, 3.63) is 51.4 Å². The van der Waals surface area contributed by atoms with Gasteiger partial charge in [0.25, 0.3) is 5.91 Å². The summed E-state index contributed by atoms with van der Waals surface area (Å²) in [5, 5.41) is 12.5. The summed E-state index contributed by atoms with van der Waals surface area (Å²) in [5.74, 6) is -1.19. The number of thiophene rings is 1. The lowest BCUT2D eigenvalue weighted by Gasteiger charge is -2.12. The van der Waals surface area contributed by atoms with Gasteiger partial charge in [0, 0.05) is 4.88 Å². The number of rotatable bonds is 7. The molecule has 0 unspecified atom stereocenters. The molecule has 6 nitrogen and oxygen atoms in total. The molecule has 3 rings (SSSR count). The summed E-state index contributed by atoms with van der Waals surface area (Å²) in [6, 6.07) is 7.38. The number of esters is 1. The number of hydrogen-bond donors (Lipinski definition) is 1. The zero-order valence-corrected chi connectivity index (χ0v) is 17.6. The van der Waals surface area contributed by atoms with Crippen molar-refractivity contribution in [2.45, 2.75) is 39.2 Å². The Morgan fingerprint density at radius 1 is 1.26 bits per heavy atom. The third-order valence-corrected chi connectivity index (χ3v) is 5.87. The monoisotopic (exact) mass is 446 g/mol. The molecule has 1 aromatic carbocycles. The van der Waals surface area contributed by atoms with Crippen molar-refractivity contribution in [3.63, 3.8) is 0 Å². The molecule has 0 spiro atoms. The highest BCUT2D eigenvalue weighted by Crippen LogP contribution is 2.38. The van der Waals surface area contributed by atoms with Gasteiger partial charge in [-0.1, -0.05) is 12.1 Å². The molecular formula is C22H20F2N2O4S. The van der Waals surface area contributed by atoms with Gasteiger partial charge in [0.15, 0.2) is 0 Å². The fourth-order valence-electron chi connectivity index (χ4n) is 3.30. The van der Waals surface area contributed by atoms with Gasteiger partial charge in [-0.3, -0.25) is 4.79 Å². The quantitative estimate of drug-likeness (QED) is 0.369. The first kappa shape index (κ1) is 22.4. The lowest BCUT2D eigenvalue weighted by Crippen LogP contribution is -2.16. The Bertz CT molecular complexity index is 1040. The van der Waals surface area contributed by atoms with Crippen LogP contribution < -0.4 is 10.1 Å². The van der Waals surface area contributed by atoms with Crippen LogP contribution in [0.5, 0.6) is 5.75 Å². The van der Waals surface area contributed by atoms with Crippen molar-refractivity contribution in [1.29, 1.82) is 5.26 Å². The normalized spacial score (nSPS) is 13.3. The predicted octanol–water partition coefficient (Wildman–Crippen LogP) is 4.95. The van der Waals surface area contributed by atoms with Gasteiger partial charge in [-0.25, -0.2) is 4.79 Å². The Balaban J connectivity index is 1.84. The minimum atomic E-state index is -2.94. The summed E-state index contributed by atoms with van der Waals surface area (Å²) in [4.78, 5) is 26.3. The number of anilines is 1. The molecule has 0 saturated heterocycles. The number of carbonyl (C=O) groups is 2. The molecule has 162 valence electrons. The van der Waals surface area contributed by atoms with E-state index in [9.17, 15) is 23.6 Å². The summed E-state index contributed by atoms with van der Waals surface area (Å²) in [6.45, 7) is -1.01. The topological polar surface area (TPSA) is 88.4 Å². The van der Waals surface area contributed by atoms with Crippen LogP contribution in [0.1, 0.15) is 46.1 Å². The highest BCUT2D eigenvalue weighted by Gasteiger charge is 2.27. The van der Waals surface area contributed by atoms with Crippen molar-refractivity contribution in [2.24, 2.45) is 0 Å². The highest BCUT2D eigenvalue weighted by molar-refractivity contribution is 7.17. The molecule has 9 heteroatoms. The van der Waals surface area contributed by atoms with Crippen LogP contribution >= 0.6 is 11.3 Å². The average Bonchev–Trinajstić information content (AvgIpc) is 3.10. The van der Waals surface area contributed by atoms with E-state index < -0.39 is 18.5 Å². The van der Waals surface area contributed by atoms with Gasteiger partial charge in [-0.05, 0) is 61.9 Å². The predicted molar refractivity (Wildman–Crippen MR) is 112 cm³/mol. The zero-order chi connectivity index (χ0) is 22.4. The number of nitriles is 1. The SMILES string of the molecule is CCOC(=O)c1c(NC(=O)/C(C#N)=C\c2ccc(OC(F)F)cc2)sc2c1CCCC2. The average molecular weight is 446 g/mol. The van der Waals surface area contributed by atoms with E-state index in [0.29, 0.717) is 16.1 Å². The van der Waals surface area contributed by atoms with Gasteiger partial charge < -0.3 is 14.8 Å². The molecule has 31 heavy (non-hydrogen) atoms. The molecule has 1 aromatic heterocycles. The number of nitrogens with one attached hydrogen (secondary N) is 1. The summed E-state index contributed by atoms with van der Waals surface area (Å²) in [5.41, 5.74) is 1.54. The Morgan fingerprint density at radius 3 is 2.61 bits per heavy atom. The van der Waals surface area contributed by atoms with E-state index in [1.54, 1.807) is 6.92 Å². The fourth-order valence-corrected chi connectivity index (χ4v) is 4.58. The molecule has 1 N–H and O–H groups in total. The second kappa shape index (κ2) is 10.2. The van der Waals surface area contributed by atoms with Crippen LogP contribution in [0.4, 0.5) is 13.8 Å². The highest BCUT2D eigenvalue weighted by atomic mass is 32.1. The summed E-state index contributed by atoms with van der Waals surface area (Å²) >= 11 is 1.33. The molecule has 0 fully saturated rings. The molecule has 1 heterocycles. The first-order valence-corrected chi connectivity index (χ1v) is 10.5. The number of hydrogen-bond acceptors (Lipinski definition) is 6. The van der Waals surface area contributed by atoms with Crippen molar-refractivity contribution in [1.82, 2.24) is 0 Å². The number of carbonyl (C=O) groups excluding carboxylic acids is 2. The van der Waals surface area contributed by atoms with Crippen LogP contribution in [0.2, 0.25) is 0 Å². The molecule has 2 aromatic rings. The molecule has 0 aliphatic heterocycles. The second-order valence-corrected chi connectivity index (χ2v) is 7.81. The fraction of sp³-hybridized carbons (Fsp3) is 0.318. The lowest BCUT2D eigenvalue weighted by atomic mass is 9.95. The van der Waals surface area contributed by atoms with Crippen molar-refractivity contribution in [3.8, 4) is 11.8 Å². The maximum absolute atomic E-state index is 12.7. The Hall–Kier alpha value is -3.25. The number of aryl methyl sites for hydroxylation is 1. The van der Waals surface area contributed by atoms with Crippen LogP contribution in [-0.2, 0) is 22.4 Å². The second-order valence-electron chi connectivity index (χ2n) is 6.71. The smallest absolute Gasteiger partial charge is 0.387 e. The largest absolute Gasteiger partial charge is 0.462 e. The van der Waals surface area contributed by atoms with E-state index in [-0.39, 0.29) is 17.9 Å². The van der Waals surface area contributed by atoms with Gasteiger partial charge >= 0.3 is 12.6 Å². The Kier molecular flexibility index (Phi) is 7.36. The van der Waals surface area contributed by atoms with E-state index in [4.69, 9.17) is 4.74 Å². The molecule has 1 amide bonds. The molecule has 1 aliphatic rings. The van der Waals surface area contributed by atoms with E-state index in [0.717, 1.165) is 36.1 Å². The summed E-state index contributed by atoms with van der Waals surface area (Å²) in [7, 11) is 0. The Labute approximate surface area is 182 Å². The van der Waals surface area contributed by atoms with Crippen LogP contribution in [-0.4, -0.2) is 25.1 Å². The summed E-state index contributed by atoms with van der Waals surface area (Å²) in [6.07, 6.45) is 4.87. The minimum Gasteiger partial charge on any atom is -0.462 e. The number of nitrogens with zero attached hydrogens (tertiary/aromatic N) is 1. The van der Waals surface area contributed by atoms with E-state index in [2.05, 4.69) is 10.1 Å². The number of fused-ring (bicyclic) bond motifs is 1. The molecule has 0 saturated carbocycles. The lowest BCUT2D eigenvalue weighted by molar-refractivity contribution is -0.112. The molecule has 0 radical (unpaired) electrons. The van der Waals surface area contributed by atoms with Crippen molar-refractivity contribution < 1.29 is 27.8 Å². The van der Waals surface area contributed by atoms with Gasteiger partial charge in [-0.2, -0.15) is 14.0 Å². The number of halogens is 2. The van der Waals surface area contributed by atoms with E-state index in [1.807, 2.05) is 6.07 Å². The van der Waals surface area contributed by atoms with Gasteiger partial charge in [0.05, 0.1) is 12.2 Å². The number of amides is 1. The molecule has 0 bridgehead atoms. The van der Waals surface area contributed by atoms with Gasteiger partial charge in [-0.15, -0.1) is 11.3 Å². The summed E-state index contributed by atoms with van der Waals surface area (Å²) < 4.78 is 34.0. The van der Waals surface area contributed by atoms with Gasteiger partial charge in [0.1, 0.15) is 22.4 Å². The third-order valence-electron chi connectivity index (χ3n) is 4.66. The van der Waals surface area contributed by atoms with Crippen LogP contribution in [0, 0.1) is 11.3 Å². The molecular weight excluding hydrogens is 426 g/mol. The van der Waals surface area contributed by atoms with Crippen molar-refractivity contribution in [2.75, 3.05) is 11.9 Å². The standard InChI is InChI=1S/C22H20F2N2O4S/c1-2-29-21(28)18-16-5-3-4-6-17(16)31-20(18)26-19(27)14(12-25)11-13-7-9-15(10-8-13)30-22(23)24/h7-11,22H,2-6H2,1H3,(H,26,27)/b14-11-. The number of ether oxygens (including phenoxy) is 2. The van der Waals surface area contributed by atoms with Crippen LogP contribution in [0.3, 0.4) is 0 Å².